The summed E-state index contributed by atoms with van der Waals surface area (Å²) in [5.74, 6) is 2.58. The quantitative estimate of drug-likeness (QED) is 0.770. The van der Waals surface area contributed by atoms with Crippen molar-refractivity contribution in [1.29, 1.82) is 0 Å². The van der Waals surface area contributed by atoms with Crippen LogP contribution in [0.3, 0.4) is 0 Å². The van der Waals surface area contributed by atoms with E-state index in [1.807, 2.05) is 0 Å². The lowest BCUT2D eigenvalue weighted by Crippen LogP contribution is -2.49. The Kier molecular flexibility index (Phi) is 4.95. The second kappa shape index (κ2) is 6.24. The van der Waals surface area contributed by atoms with E-state index in [9.17, 15) is 0 Å². The molecule has 1 N–H and O–H groups in total. The van der Waals surface area contributed by atoms with Gasteiger partial charge in [0.25, 0.3) is 0 Å². The maximum atomic E-state index is 3.64. The monoisotopic (exact) mass is 243 g/mol. The van der Waals surface area contributed by atoms with Gasteiger partial charge in [0.1, 0.15) is 0 Å². The molecular formula is C12H25N3S. The fraction of sp³-hybridized carbons (Fsp3) is 1.00. The average molecular weight is 243 g/mol. The van der Waals surface area contributed by atoms with Crippen molar-refractivity contribution in [3.63, 3.8) is 0 Å². The molecule has 0 aromatic rings. The Balaban J connectivity index is 1.82. The van der Waals surface area contributed by atoms with Gasteiger partial charge < -0.3 is 10.2 Å². The van der Waals surface area contributed by atoms with Crippen LogP contribution in [-0.4, -0.2) is 73.2 Å². The molecule has 2 aliphatic heterocycles. The van der Waals surface area contributed by atoms with Gasteiger partial charge in [-0.15, -0.1) is 0 Å². The average Bonchev–Trinajstić information content (AvgIpc) is 2.43. The molecule has 2 saturated heterocycles. The van der Waals surface area contributed by atoms with Crippen LogP contribution in [0, 0.1) is 0 Å². The number of nitrogens with zero attached hydrogens (tertiary/aromatic N) is 2. The minimum Gasteiger partial charge on any atom is -0.311 e. The van der Waals surface area contributed by atoms with Gasteiger partial charge in [0.2, 0.25) is 0 Å². The lowest BCUT2D eigenvalue weighted by Gasteiger charge is -2.33. The maximum Gasteiger partial charge on any atom is 0.0286 e. The first-order valence-electron chi connectivity index (χ1n) is 6.49. The molecule has 0 bridgehead atoms. The van der Waals surface area contributed by atoms with Gasteiger partial charge >= 0.3 is 0 Å². The summed E-state index contributed by atoms with van der Waals surface area (Å²) < 4.78 is 0. The topological polar surface area (TPSA) is 18.5 Å². The van der Waals surface area contributed by atoms with Gasteiger partial charge in [-0.25, -0.2) is 0 Å². The molecule has 0 radical (unpaired) electrons. The standard InChI is InChI=1S/C12H25N3S/c1-11-8-14(2)5-3-6-15(11)9-12-10-16-7-4-13-12/h11-13H,3-10H2,1-2H3. The van der Waals surface area contributed by atoms with Gasteiger partial charge in [-0.2, -0.15) is 11.8 Å². The van der Waals surface area contributed by atoms with Crippen LogP contribution in [-0.2, 0) is 0 Å². The predicted molar refractivity (Wildman–Crippen MR) is 72.3 cm³/mol. The summed E-state index contributed by atoms with van der Waals surface area (Å²) in [4.78, 5) is 5.14. The molecule has 0 amide bonds. The SMILES string of the molecule is CC1CN(C)CCCN1CC1CSCCN1. The van der Waals surface area contributed by atoms with E-state index in [-0.39, 0.29) is 0 Å². The van der Waals surface area contributed by atoms with E-state index in [4.69, 9.17) is 0 Å². The molecule has 0 saturated carbocycles. The fourth-order valence-corrected chi connectivity index (χ4v) is 3.65. The summed E-state index contributed by atoms with van der Waals surface area (Å²) in [6, 6.07) is 1.42. The van der Waals surface area contributed by atoms with Crippen molar-refractivity contribution in [2.75, 3.05) is 51.3 Å². The van der Waals surface area contributed by atoms with Crippen LogP contribution < -0.4 is 5.32 Å². The predicted octanol–water partition coefficient (Wildman–Crippen LogP) is 0.717. The van der Waals surface area contributed by atoms with E-state index in [0.29, 0.717) is 12.1 Å². The van der Waals surface area contributed by atoms with Crippen molar-refractivity contribution in [1.82, 2.24) is 15.1 Å². The summed E-state index contributed by atoms with van der Waals surface area (Å²) in [7, 11) is 2.24. The molecule has 3 nitrogen and oxygen atoms in total. The van der Waals surface area contributed by atoms with Crippen LogP contribution in [0.5, 0.6) is 0 Å². The fourth-order valence-electron chi connectivity index (χ4n) is 2.71. The van der Waals surface area contributed by atoms with Crippen molar-refractivity contribution >= 4 is 11.8 Å². The first-order chi connectivity index (χ1) is 7.75. The van der Waals surface area contributed by atoms with Gasteiger partial charge in [0.15, 0.2) is 0 Å². The second-order valence-corrected chi connectivity index (χ2v) is 6.34. The Morgan fingerprint density at radius 3 is 3.00 bits per heavy atom. The Morgan fingerprint density at radius 1 is 1.38 bits per heavy atom. The summed E-state index contributed by atoms with van der Waals surface area (Å²) in [6.07, 6.45) is 1.32. The second-order valence-electron chi connectivity index (χ2n) is 5.19. The van der Waals surface area contributed by atoms with E-state index >= 15 is 0 Å². The third-order valence-corrected chi connectivity index (χ3v) is 4.77. The lowest BCUT2D eigenvalue weighted by atomic mass is 10.2. The lowest BCUT2D eigenvalue weighted by molar-refractivity contribution is 0.187. The van der Waals surface area contributed by atoms with E-state index in [0.717, 1.165) is 0 Å². The zero-order valence-electron chi connectivity index (χ0n) is 10.6. The Hall–Kier alpha value is 0.230. The molecule has 16 heavy (non-hydrogen) atoms. The minimum atomic E-state index is 0.709. The molecule has 0 aromatic carbocycles. The Labute approximate surface area is 104 Å². The zero-order valence-corrected chi connectivity index (χ0v) is 11.4. The van der Waals surface area contributed by atoms with Crippen LogP contribution in [0.15, 0.2) is 0 Å². The molecular weight excluding hydrogens is 218 g/mol. The van der Waals surface area contributed by atoms with Crippen LogP contribution >= 0.6 is 11.8 Å². The number of hydrogen-bond acceptors (Lipinski definition) is 4. The van der Waals surface area contributed by atoms with Crippen molar-refractivity contribution in [3.05, 3.63) is 0 Å². The van der Waals surface area contributed by atoms with Crippen molar-refractivity contribution in [3.8, 4) is 0 Å². The smallest absolute Gasteiger partial charge is 0.0286 e. The molecule has 2 aliphatic rings. The normalized spacial score (nSPS) is 34.9. The number of hydrogen-bond donors (Lipinski definition) is 1. The van der Waals surface area contributed by atoms with Gasteiger partial charge in [-0.05, 0) is 33.5 Å². The molecule has 0 spiro atoms. The molecule has 4 heteroatoms. The first kappa shape index (κ1) is 12.7. The summed E-state index contributed by atoms with van der Waals surface area (Å²) in [6.45, 7) is 8.55. The number of thioether (sulfide) groups is 1. The highest BCUT2D eigenvalue weighted by atomic mass is 32.2. The maximum absolute atomic E-state index is 3.64. The Bertz CT molecular complexity index is 206. The first-order valence-corrected chi connectivity index (χ1v) is 7.65. The molecule has 94 valence electrons. The van der Waals surface area contributed by atoms with Crippen molar-refractivity contribution in [2.45, 2.75) is 25.4 Å². The third kappa shape index (κ3) is 3.62. The summed E-state index contributed by atoms with van der Waals surface area (Å²) >= 11 is 2.10. The van der Waals surface area contributed by atoms with Gasteiger partial charge in [0, 0.05) is 43.2 Å². The van der Waals surface area contributed by atoms with Crippen LogP contribution in [0.2, 0.25) is 0 Å². The summed E-state index contributed by atoms with van der Waals surface area (Å²) in [5, 5.41) is 3.64. The summed E-state index contributed by atoms with van der Waals surface area (Å²) in [5.41, 5.74) is 0. The van der Waals surface area contributed by atoms with Crippen LogP contribution in [0.25, 0.3) is 0 Å². The molecule has 2 heterocycles. The van der Waals surface area contributed by atoms with Crippen molar-refractivity contribution in [2.24, 2.45) is 0 Å². The number of rotatable bonds is 2. The third-order valence-electron chi connectivity index (χ3n) is 3.64. The van der Waals surface area contributed by atoms with Gasteiger partial charge in [-0.3, -0.25) is 4.90 Å². The van der Waals surface area contributed by atoms with Crippen molar-refractivity contribution < 1.29 is 0 Å². The largest absolute Gasteiger partial charge is 0.311 e. The van der Waals surface area contributed by atoms with E-state index in [1.165, 1.54) is 50.7 Å². The molecule has 2 unspecified atom stereocenters. The highest BCUT2D eigenvalue weighted by Gasteiger charge is 2.23. The number of nitrogens with one attached hydrogen (secondary N) is 1. The molecule has 0 aliphatic carbocycles. The molecule has 2 rings (SSSR count). The Morgan fingerprint density at radius 2 is 2.25 bits per heavy atom. The number of likely N-dealkylation sites (N-methyl/N-ethyl adjacent to an activating group) is 1. The van der Waals surface area contributed by atoms with Gasteiger partial charge in [0.05, 0.1) is 0 Å². The van der Waals surface area contributed by atoms with E-state index in [1.54, 1.807) is 0 Å². The van der Waals surface area contributed by atoms with Crippen LogP contribution in [0.4, 0.5) is 0 Å². The molecule has 0 aromatic heterocycles. The molecule has 2 fully saturated rings. The zero-order chi connectivity index (χ0) is 11.4. The highest BCUT2D eigenvalue weighted by Crippen LogP contribution is 2.13. The molecule has 2 atom stereocenters. The van der Waals surface area contributed by atoms with E-state index < -0.39 is 0 Å². The minimum absolute atomic E-state index is 0.709. The highest BCUT2D eigenvalue weighted by molar-refractivity contribution is 7.99. The van der Waals surface area contributed by atoms with Crippen LogP contribution in [0.1, 0.15) is 13.3 Å². The van der Waals surface area contributed by atoms with E-state index in [2.05, 4.69) is 40.8 Å². The van der Waals surface area contributed by atoms with Gasteiger partial charge in [-0.1, -0.05) is 0 Å².